The number of phosphoric acid groups is 1. The number of rotatable bonds is 4. The van der Waals surface area contributed by atoms with Gasteiger partial charge in [0.15, 0.2) is 0 Å². The predicted molar refractivity (Wildman–Crippen MR) is 45.5 cm³/mol. The fourth-order valence-corrected chi connectivity index (χ4v) is 1.57. The van der Waals surface area contributed by atoms with Crippen LogP contribution in [0.3, 0.4) is 0 Å². The largest absolute Gasteiger partial charge is 0.470 e. The van der Waals surface area contributed by atoms with Gasteiger partial charge in [0.1, 0.15) is 12.6 Å². The third-order valence-electron chi connectivity index (χ3n) is 1.12. The van der Waals surface area contributed by atoms with Crippen molar-refractivity contribution >= 4 is 7.82 Å². The molecule has 0 aliphatic rings. The molecule has 0 heterocycles. The predicted octanol–water partition coefficient (Wildman–Crippen LogP) is 0.190. The first-order chi connectivity index (χ1) is 5.10. The van der Waals surface area contributed by atoms with Gasteiger partial charge in [-0.2, -0.15) is 0 Å². The third kappa shape index (κ3) is 8.17. The lowest BCUT2D eigenvalue weighted by atomic mass is 10.3. The summed E-state index contributed by atoms with van der Waals surface area (Å²) < 4.78 is 15.5. The molecule has 0 aliphatic carbocycles. The number of quaternary nitrogens is 1. The van der Waals surface area contributed by atoms with Gasteiger partial charge in [0.2, 0.25) is 0 Å². The Labute approximate surface area is 72.8 Å². The Hall–Kier alpha value is 0.0700. The highest BCUT2D eigenvalue weighted by Gasteiger charge is 2.23. The normalized spacial score (nSPS) is 16.2. The number of hydrogen-bond acceptors (Lipinski definition) is 2. The van der Waals surface area contributed by atoms with E-state index >= 15 is 0 Å². The molecule has 1 unspecified atom stereocenters. The van der Waals surface area contributed by atoms with Crippen LogP contribution in [0, 0.1) is 0 Å². The quantitative estimate of drug-likeness (QED) is 0.500. The highest BCUT2D eigenvalue weighted by molar-refractivity contribution is 7.46. The second-order valence-corrected chi connectivity index (χ2v) is 5.07. The second-order valence-electron chi connectivity index (χ2n) is 3.88. The average Bonchev–Trinajstić information content (AvgIpc) is 1.49. The minimum atomic E-state index is -4.32. The molecule has 0 saturated carbocycles. The highest BCUT2D eigenvalue weighted by Crippen LogP contribution is 2.37. The zero-order valence-corrected chi connectivity index (χ0v) is 8.78. The zero-order chi connectivity index (χ0) is 9.99. The number of likely N-dealkylation sites (N-methyl/N-ethyl adjacent to an activating group) is 1. The molecular weight excluding hydrogens is 181 g/mol. The number of phosphoric ester groups is 1. The summed E-state index contributed by atoms with van der Waals surface area (Å²) in [5.74, 6) is 0. The Kier molecular flexibility index (Phi) is 3.87. The summed E-state index contributed by atoms with van der Waals surface area (Å²) in [6.45, 7) is 2.20. The van der Waals surface area contributed by atoms with Crippen molar-refractivity contribution in [2.24, 2.45) is 0 Å². The lowest BCUT2D eigenvalue weighted by Gasteiger charge is -2.27. The molecule has 0 spiro atoms. The van der Waals surface area contributed by atoms with Gasteiger partial charge in [-0.1, -0.05) is 0 Å². The minimum Gasteiger partial charge on any atom is -0.329 e. The van der Waals surface area contributed by atoms with Crippen molar-refractivity contribution in [2.45, 2.75) is 13.0 Å². The van der Waals surface area contributed by atoms with E-state index in [9.17, 15) is 4.57 Å². The van der Waals surface area contributed by atoms with Crippen LogP contribution in [0.25, 0.3) is 0 Å². The summed E-state index contributed by atoms with van der Waals surface area (Å²) in [7, 11) is 1.47. The molecule has 0 saturated heterocycles. The Morgan fingerprint density at radius 1 is 1.42 bits per heavy atom. The first kappa shape index (κ1) is 12.1. The van der Waals surface area contributed by atoms with E-state index in [4.69, 9.17) is 9.79 Å². The van der Waals surface area contributed by atoms with Crippen LogP contribution < -0.4 is 0 Å². The van der Waals surface area contributed by atoms with Crippen molar-refractivity contribution in [1.29, 1.82) is 0 Å². The van der Waals surface area contributed by atoms with Gasteiger partial charge in [-0.3, -0.25) is 4.52 Å². The SMILES string of the molecule is CC(C[N+](C)(C)C)OP(=O)(O)O. The first-order valence-corrected chi connectivity index (χ1v) is 5.17. The molecule has 6 heteroatoms. The summed E-state index contributed by atoms with van der Waals surface area (Å²) in [6.07, 6.45) is -0.439. The molecule has 12 heavy (non-hydrogen) atoms. The Bertz CT molecular complexity index is 182. The fourth-order valence-electron chi connectivity index (χ4n) is 1.04. The summed E-state index contributed by atoms with van der Waals surface area (Å²) in [5.41, 5.74) is 0. The van der Waals surface area contributed by atoms with Crippen LogP contribution >= 0.6 is 7.82 Å². The van der Waals surface area contributed by atoms with Crippen molar-refractivity contribution in [3.63, 3.8) is 0 Å². The molecular formula is C6H17NO4P+. The molecule has 0 aromatic rings. The standard InChI is InChI=1S/C6H16NO4P/c1-6(5-7(2,3)4)11-12(8,9)10/h6H,5H2,1-4H3,(H-,8,9,10)/p+1. The minimum absolute atomic E-state index is 0.439. The van der Waals surface area contributed by atoms with E-state index < -0.39 is 13.9 Å². The third-order valence-corrected chi connectivity index (χ3v) is 1.76. The Balaban J connectivity index is 3.91. The molecule has 74 valence electrons. The first-order valence-electron chi connectivity index (χ1n) is 3.64. The highest BCUT2D eigenvalue weighted by atomic mass is 31.2. The van der Waals surface area contributed by atoms with Crippen LogP contribution in [0.4, 0.5) is 0 Å². The maximum Gasteiger partial charge on any atom is 0.470 e. The van der Waals surface area contributed by atoms with E-state index in [1.165, 1.54) is 0 Å². The lowest BCUT2D eigenvalue weighted by molar-refractivity contribution is -0.873. The van der Waals surface area contributed by atoms with Gasteiger partial charge in [0, 0.05) is 0 Å². The van der Waals surface area contributed by atoms with Crippen LogP contribution in [0.5, 0.6) is 0 Å². The van der Waals surface area contributed by atoms with Gasteiger partial charge >= 0.3 is 7.82 Å². The van der Waals surface area contributed by atoms with Crippen molar-refractivity contribution in [3.05, 3.63) is 0 Å². The Morgan fingerprint density at radius 3 is 2.08 bits per heavy atom. The van der Waals surface area contributed by atoms with Crippen LogP contribution in [0.2, 0.25) is 0 Å². The van der Waals surface area contributed by atoms with Crippen molar-refractivity contribution in [1.82, 2.24) is 0 Å². The monoisotopic (exact) mass is 198 g/mol. The van der Waals surface area contributed by atoms with E-state index in [2.05, 4.69) is 4.52 Å². The molecule has 1 atom stereocenters. The molecule has 0 aromatic carbocycles. The summed E-state index contributed by atoms with van der Waals surface area (Å²) in [5, 5.41) is 0. The number of hydrogen-bond donors (Lipinski definition) is 2. The molecule has 0 aliphatic heterocycles. The Morgan fingerprint density at radius 2 is 1.83 bits per heavy atom. The lowest BCUT2D eigenvalue weighted by Crippen LogP contribution is -2.41. The van der Waals surface area contributed by atoms with Gasteiger partial charge in [-0.25, -0.2) is 4.57 Å². The summed E-state index contributed by atoms with van der Waals surface area (Å²) in [4.78, 5) is 16.9. The van der Waals surface area contributed by atoms with E-state index in [-0.39, 0.29) is 0 Å². The summed E-state index contributed by atoms with van der Waals surface area (Å²) in [6, 6.07) is 0. The van der Waals surface area contributed by atoms with Crippen molar-refractivity contribution in [3.8, 4) is 0 Å². The second kappa shape index (κ2) is 3.85. The van der Waals surface area contributed by atoms with Crippen molar-refractivity contribution < 1.29 is 23.4 Å². The van der Waals surface area contributed by atoms with Gasteiger partial charge in [-0.15, -0.1) is 0 Å². The molecule has 5 nitrogen and oxygen atoms in total. The maximum absolute atomic E-state index is 10.4. The molecule has 0 rings (SSSR count). The molecule has 0 bridgehead atoms. The molecule has 0 aromatic heterocycles. The van der Waals surface area contributed by atoms with Crippen LogP contribution in [-0.2, 0) is 9.09 Å². The number of nitrogens with zero attached hydrogens (tertiary/aromatic N) is 1. The van der Waals surface area contributed by atoms with E-state index in [1.807, 2.05) is 21.1 Å². The summed E-state index contributed by atoms with van der Waals surface area (Å²) >= 11 is 0. The van der Waals surface area contributed by atoms with Gasteiger partial charge < -0.3 is 14.3 Å². The maximum atomic E-state index is 10.4. The van der Waals surface area contributed by atoms with Crippen molar-refractivity contribution in [2.75, 3.05) is 27.7 Å². The zero-order valence-electron chi connectivity index (χ0n) is 7.89. The topological polar surface area (TPSA) is 66.8 Å². The van der Waals surface area contributed by atoms with Crippen LogP contribution in [0.1, 0.15) is 6.92 Å². The van der Waals surface area contributed by atoms with Gasteiger partial charge in [0.05, 0.1) is 21.1 Å². The van der Waals surface area contributed by atoms with Gasteiger partial charge in [0.25, 0.3) is 0 Å². The smallest absolute Gasteiger partial charge is 0.329 e. The fraction of sp³-hybridized carbons (Fsp3) is 1.00. The van der Waals surface area contributed by atoms with E-state index in [0.717, 1.165) is 0 Å². The van der Waals surface area contributed by atoms with E-state index in [0.29, 0.717) is 11.0 Å². The molecule has 0 amide bonds. The molecule has 0 radical (unpaired) electrons. The van der Waals surface area contributed by atoms with Crippen LogP contribution in [-0.4, -0.2) is 48.1 Å². The van der Waals surface area contributed by atoms with E-state index in [1.54, 1.807) is 6.92 Å². The van der Waals surface area contributed by atoms with Gasteiger partial charge in [-0.05, 0) is 6.92 Å². The molecule has 2 N–H and O–H groups in total. The molecule has 0 fully saturated rings. The average molecular weight is 198 g/mol. The van der Waals surface area contributed by atoms with Crippen LogP contribution in [0.15, 0.2) is 0 Å².